The molecule has 0 atom stereocenters. The molecule has 41 heavy (non-hydrogen) atoms. The normalized spacial score (nSPS) is 13.5. The standard InChI is InChI=1S/C33H50O8/c1-5-6-7-8-27-24-30(32-28-23-26(2)9-10-29(28)33(3,4)41-31(32)25-27)40-22-21-39-20-19-38-18-17-37-16-15-36-14-13-35-12-11-34/h9-10,23-25,34H,5-8,11-22H2,1-4H3. The Morgan fingerprint density at radius 2 is 1.32 bits per heavy atom. The van der Waals surface area contributed by atoms with E-state index in [9.17, 15) is 0 Å². The lowest BCUT2D eigenvalue weighted by molar-refractivity contribution is -0.0146. The summed E-state index contributed by atoms with van der Waals surface area (Å²) < 4.78 is 40.2. The van der Waals surface area contributed by atoms with Gasteiger partial charge >= 0.3 is 0 Å². The summed E-state index contributed by atoms with van der Waals surface area (Å²) in [7, 11) is 0. The van der Waals surface area contributed by atoms with Crippen molar-refractivity contribution in [1.82, 2.24) is 0 Å². The fourth-order valence-electron chi connectivity index (χ4n) is 4.80. The molecule has 0 unspecified atom stereocenters. The highest BCUT2D eigenvalue weighted by Gasteiger charge is 2.34. The van der Waals surface area contributed by atoms with Crippen LogP contribution in [0.15, 0.2) is 30.3 Å². The molecular weight excluding hydrogens is 524 g/mol. The van der Waals surface area contributed by atoms with Crippen LogP contribution in [0.2, 0.25) is 0 Å². The van der Waals surface area contributed by atoms with E-state index in [4.69, 9.17) is 38.3 Å². The number of fused-ring (bicyclic) bond motifs is 3. The summed E-state index contributed by atoms with van der Waals surface area (Å²) >= 11 is 0. The molecule has 1 heterocycles. The monoisotopic (exact) mass is 574 g/mol. The van der Waals surface area contributed by atoms with Crippen LogP contribution in [0.3, 0.4) is 0 Å². The van der Waals surface area contributed by atoms with Crippen molar-refractivity contribution in [2.45, 2.75) is 59.0 Å². The van der Waals surface area contributed by atoms with Crippen LogP contribution in [0.4, 0.5) is 0 Å². The summed E-state index contributed by atoms with van der Waals surface area (Å²) in [5.41, 5.74) is 5.44. The summed E-state index contributed by atoms with van der Waals surface area (Å²) in [6, 6.07) is 10.9. The second-order valence-electron chi connectivity index (χ2n) is 10.7. The zero-order chi connectivity index (χ0) is 29.3. The van der Waals surface area contributed by atoms with Crippen LogP contribution in [0.25, 0.3) is 11.1 Å². The number of hydrogen-bond donors (Lipinski definition) is 1. The van der Waals surface area contributed by atoms with Gasteiger partial charge in [0.1, 0.15) is 23.7 Å². The van der Waals surface area contributed by atoms with E-state index in [1.807, 2.05) is 0 Å². The van der Waals surface area contributed by atoms with Crippen molar-refractivity contribution in [3.63, 3.8) is 0 Å². The van der Waals surface area contributed by atoms with Crippen molar-refractivity contribution in [2.24, 2.45) is 0 Å². The number of unbranched alkanes of at least 4 members (excludes halogenated alkanes) is 2. The van der Waals surface area contributed by atoms with Gasteiger partial charge in [-0.25, -0.2) is 0 Å². The first-order valence-corrected chi connectivity index (χ1v) is 15.1. The van der Waals surface area contributed by atoms with Gasteiger partial charge in [-0.15, -0.1) is 0 Å². The summed E-state index contributed by atoms with van der Waals surface area (Å²) in [4.78, 5) is 0. The van der Waals surface area contributed by atoms with E-state index in [0.29, 0.717) is 72.7 Å². The second kappa shape index (κ2) is 18.4. The highest BCUT2D eigenvalue weighted by Crippen LogP contribution is 2.50. The minimum Gasteiger partial charge on any atom is -0.490 e. The molecule has 8 nitrogen and oxygen atoms in total. The van der Waals surface area contributed by atoms with Gasteiger partial charge in [-0.3, -0.25) is 0 Å². The lowest BCUT2D eigenvalue weighted by Gasteiger charge is -2.36. The first kappa shape index (κ1) is 33.3. The van der Waals surface area contributed by atoms with E-state index in [2.05, 4.69) is 58.0 Å². The van der Waals surface area contributed by atoms with Crippen LogP contribution in [-0.4, -0.2) is 84.4 Å². The maximum Gasteiger partial charge on any atom is 0.132 e. The highest BCUT2D eigenvalue weighted by atomic mass is 16.6. The zero-order valence-corrected chi connectivity index (χ0v) is 25.5. The Balaban J connectivity index is 1.41. The second-order valence-corrected chi connectivity index (χ2v) is 10.7. The Morgan fingerprint density at radius 3 is 1.90 bits per heavy atom. The predicted molar refractivity (Wildman–Crippen MR) is 160 cm³/mol. The number of aliphatic hydroxyl groups is 1. The molecule has 3 rings (SSSR count). The van der Waals surface area contributed by atoms with Crippen molar-refractivity contribution in [1.29, 1.82) is 0 Å². The SMILES string of the molecule is CCCCCc1cc(OCCOCCOCCOCCOCCOCCO)c2c(c1)OC(C)(C)c1ccc(C)cc1-2. The minimum atomic E-state index is -0.409. The molecule has 0 fully saturated rings. The fourth-order valence-corrected chi connectivity index (χ4v) is 4.80. The van der Waals surface area contributed by atoms with Crippen molar-refractivity contribution in [3.05, 3.63) is 47.0 Å². The van der Waals surface area contributed by atoms with Crippen LogP contribution in [-0.2, 0) is 35.7 Å². The van der Waals surface area contributed by atoms with Crippen LogP contribution < -0.4 is 9.47 Å². The van der Waals surface area contributed by atoms with Gasteiger partial charge in [-0.05, 0) is 56.9 Å². The maximum atomic E-state index is 8.63. The van der Waals surface area contributed by atoms with Crippen LogP contribution in [0.5, 0.6) is 11.5 Å². The van der Waals surface area contributed by atoms with Crippen molar-refractivity contribution in [2.75, 3.05) is 79.3 Å². The first-order valence-electron chi connectivity index (χ1n) is 15.1. The number of benzene rings is 2. The number of aryl methyl sites for hydroxylation is 2. The minimum absolute atomic E-state index is 0.0288. The fraction of sp³-hybridized carbons (Fsp3) is 0.636. The Kier molecular flexibility index (Phi) is 14.9. The predicted octanol–water partition coefficient (Wildman–Crippen LogP) is 5.48. The third kappa shape index (κ3) is 11.2. The Hall–Kier alpha value is -2.20. The van der Waals surface area contributed by atoms with E-state index in [1.54, 1.807) is 0 Å². The molecule has 0 spiro atoms. The third-order valence-corrected chi connectivity index (χ3v) is 6.86. The van der Waals surface area contributed by atoms with Gasteiger partial charge in [-0.1, -0.05) is 43.5 Å². The van der Waals surface area contributed by atoms with E-state index in [-0.39, 0.29) is 6.61 Å². The molecule has 1 N–H and O–H groups in total. The molecule has 2 aromatic rings. The molecular formula is C33H50O8. The van der Waals surface area contributed by atoms with E-state index >= 15 is 0 Å². The van der Waals surface area contributed by atoms with Gasteiger partial charge in [0.25, 0.3) is 0 Å². The maximum absolute atomic E-state index is 8.63. The smallest absolute Gasteiger partial charge is 0.132 e. The molecule has 0 radical (unpaired) electrons. The highest BCUT2D eigenvalue weighted by molar-refractivity contribution is 5.82. The van der Waals surface area contributed by atoms with Crippen LogP contribution in [0.1, 0.15) is 56.7 Å². The van der Waals surface area contributed by atoms with E-state index < -0.39 is 5.60 Å². The Bertz CT molecular complexity index is 1020. The van der Waals surface area contributed by atoms with Crippen molar-refractivity contribution >= 4 is 0 Å². The third-order valence-electron chi connectivity index (χ3n) is 6.86. The number of rotatable bonds is 22. The molecule has 0 amide bonds. The molecule has 1 aliphatic heterocycles. The number of aliphatic hydroxyl groups excluding tert-OH is 1. The van der Waals surface area contributed by atoms with E-state index in [0.717, 1.165) is 29.9 Å². The average Bonchev–Trinajstić information content (AvgIpc) is 2.94. The quantitative estimate of drug-likeness (QED) is 0.185. The molecule has 0 aliphatic carbocycles. The van der Waals surface area contributed by atoms with Crippen LogP contribution in [0, 0.1) is 6.92 Å². The van der Waals surface area contributed by atoms with Gasteiger partial charge < -0.3 is 38.3 Å². The molecule has 0 saturated heterocycles. The summed E-state index contributed by atoms with van der Waals surface area (Å²) in [5, 5.41) is 8.63. The van der Waals surface area contributed by atoms with E-state index in [1.165, 1.54) is 35.1 Å². The lowest BCUT2D eigenvalue weighted by Crippen LogP contribution is -2.29. The average molecular weight is 575 g/mol. The topological polar surface area (TPSA) is 84.8 Å². The summed E-state index contributed by atoms with van der Waals surface area (Å²) in [5.74, 6) is 1.75. The largest absolute Gasteiger partial charge is 0.490 e. The Labute approximate surface area is 246 Å². The molecule has 0 aromatic heterocycles. The molecule has 2 aromatic carbocycles. The summed E-state index contributed by atoms with van der Waals surface area (Å²) in [6.07, 6.45) is 4.56. The molecule has 0 bridgehead atoms. The first-order chi connectivity index (χ1) is 20.0. The van der Waals surface area contributed by atoms with Crippen molar-refractivity contribution < 1.29 is 38.3 Å². The molecule has 1 aliphatic rings. The molecule has 0 saturated carbocycles. The summed E-state index contributed by atoms with van der Waals surface area (Å²) in [6.45, 7) is 13.9. The zero-order valence-electron chi connectivity index (χ0n) is 25.5. The number of hydrogen-bond acceptors (Lipinski definition) is 8. The van der Waals surface area contributed by atoms with Crippen LogP contribution >= 0.6 is 0 Å². The Morgan fingerprint density at radius 1 is 0.732 bits per heavy atom. The van der Waals surface area contributed by atoms with Gasteiger partial charge in [0.05, 0.1) is 78.2 Å². The van der Waals surface area contributed by atoms with Gasteiger partial charge in [-0.2, -0.15) is 0 Å². The van der Waals surface area contributed by atoms with Gasteiger partial charge in [0, 0.05) is 5.56 Å². The molecule has 230 valence electrons. The van der Waals surface area contributed by atoms with Gasteiger partial charge in [0.2, 0.25) is 0 Å². The number of ether oxygens (including phenoxy) is 7. The molecule has 8 heteroatoms. The van der Waals surface area contributed by atoms with Gasteiger partial charge in [0.15, 0.2) is 0 Å². The van der Waals surface area contributed by atoms with Crippen molar-refractivity contribution in [3.8, 4) is 22.6 Å². The lowest BCUT2D eigenvalue weighted by atomic mass is 9.84.